The standard InChI is InChI=1S/C14H32N2/c1-6-14(5)12-16(7-2)11-10-15-9-8-13(3)4/h13-15H,6-12H2,1-5H3. The highest BCUT2D eigenvalue weighted by Crippen LogP contribution is 2.03. The van der Waals surface area contributed by atoms with E-state index in [9.17, 15) is 0 Å². The van der Waals surface area contributed by atoms with Crippen LogP contribution < -0.4 is 5.32 Å². The molecule has 0 bridgehead atoms. The van der Waals surface area contributed by atoms with Crippen molar-refractivity contribution in [1.82, 2.24) is 10.2 Å². The van der Waals surface area contributed by atoms with Gasteiger partial charge in [-0.2, -0.15) is 0 Å². The number of hydrogen-bond acceptors (Lipinski definition) is 2. The van der Waals surface area contributed by atoms with E-state index in [0.29, 0.717) is 0 Å². The second-order valence-corrected chi connectivity index (χ2v) is 5.34. The number of hydrogen-bond donors (Lipinski definition) is 1. The summed E-state index contributed by atoms with van der Waals surface area (Å²) in [4.78, 5) is 2.55. The summed E-state index contributed by atoms with van der Waals surface area (Å²) < 4.78 is 0. The third kappa shape index (κ3) is 9.17. The molecule has 1 unspecified atom stereocenters. The summed E-state index contributed by atoms with van der Waals surface area (Å²) in [6.07, 6.45) is 2.58. The smallest absolute Gasteiger partial charge is 0.0107 e. The van der Waals surface area contributed by atoms with Gasteiger partial charge in [0.1, 0.15) is 0 Å². The predicted molar refractivity (Wildman–Crippen MR) is 73.9 cm³/mol. The van der Waals surface area contributed by atoms with E-state index in [1.54, 1.807) is 0 Å². The Balaban J connectivity index is 3.48. The third-order valence-electron chi connectivity index (χ3n) is 3.22. The predicted octanol–water partition coefficient (Wildman–Crippen LogP) is 2.99. The van der Waals surface area contributed by atoms with Gasteiger partial charge in [-0.1, -0.05) is 41.0 Å². The van der Waals surface area contributed by atoms with Gasteiger partial charge in [0.25, 0.3) is 0 Å². The molecule has 0 aromatic rings. The molecule has 0 amide bonds. The summed E-state index contributed by atoms with van der Waals surface area (Å²) in [7, 11) is 0. The minimum Gasteiger partial charge on any atom is -0.315 e. The lowest BCUT2D eigenvalue weighted by molar-refractivity contribution is 0.245. The molecule has 0 aliphatic carbocycles. The van der Waals surface area contributed by atoms with Crippen molar-refractivity contribution in [2.45, 2.75) is 47.5 Å². The molecule has 0 radical (unpaired) electrons. The summed E-state index contributed by atoms with van der Waals surface area (Å²) in [6.45, 7) is 17.4. The lowest BCUT2D eigenvalue weighted by Gasteiger charge is -2.23. The molecule has 0 rings (SSSR count). The van der Waals surface area contributed by atoms with E-state index in [4.69, 9.17) is 0 Å². The van der Waals surface area contributed by atoms with Gasteiger partial charge in [-0.05, 0) is 31.3 Å². The van der Waals surface area contributed by atoms with Gasteiger partial charge in [0.2, 0.25) is 0 Å². The quantitative estimate of drug-likeness (QED) is 0.578. The van der Waals surface area contributed by atoms with E-state index in [1.165, 1.54) is 39.0 Å². The summed E-state index contributed by atoms with van der Waals surface area (Å²) in [5, 5.41) is 3.53. The normalized spacial score (nSPS) is 13.7. The third-order valence-corrected chi connectivity index (χ3v) is 3.22. The minimum absolute atomic E-state index is 0.815. The van der Waals surface area contributed by atoms with Gasteiger partial charge in [0, 0.05) is 19.6 Å². The van der Waals surface area contributed by atoms with Crippen LogP contribution in [-0.2, 0) is 0 Å². The highest BCUT2D eigenvalue weighted by molar-refractivity contribution is 4.62. The summed E-state index contributed by atoms with van der Waals surface area (Å²) >= 11 is 0. The maximum Gasteiger partial charge on any atom is 0.0107 e. The van der Waals surface area contributed by atoms with E-state index >= 15 is 0 Å². The summed E-state index contributed by atoms with van der Waals surface area (Å²) in [6, 6.07) is 0. The van der Waals surface area contributed by atoms with Gasteiger partial charge in [-0.25, -0.2) is 0 Å². The SMILES string of the molecule is CCC(C)CN(CC)CCNCCC(C)C. The second-order valence-electron chi connectivity index (χ2n) is 5.34. The zero-order chi connectivity index (χ0) is 12.4. The van der Waals surface area contributed by atoms with Gasteiger partial charge >= 0.3 is 0 Å². The largest absolute Gasteiger partial charge is 0.315 e. The summed E-state index contributed by atoms with van der Waals surface area (Å²) in [5.74, 6) is 1.64. The van der Waals surface area contributed by atoms with Crippen LogP contribution in [0.1, 0.15) is 47.5 Å². The maximum atomic E-state index is 3.53. The fourth-order valence-corrected chi connectivity index (χ4v) is 1.70. The molecule has 0 fully saturated rings. The Morgan fingerprint density at radius 1 is 1.06 bits per heavy atom. The Hall–Kier alpha value is -0.0800. The Labute approximate surface area is 103 Å². The van der Waals surface area contributed by atoms with Crippen LogP contribution in [0.5, 0.6) is 0 Å². The van der Waals surface area contributed by atoms with E-state index < -0.39 is 0 Å². The highest BCUT2D eigenvalue weighted by Gasteiger charge is 2.06. The molecule has 0 aliphatic rings. The van der Waals surface area contributed by atoms with Gasteiger partial charge in [-0.15, -0.1) is 0 Å². The lowest BCUT2D eigenvalue weighted by Crippen LogP contribution is -2.35. The maximum absolute atomic E-state index is 3.53. The molecule has 98 valence electrons. The second kappa shape index (κ2) is 10.1. The van der Waals surface area contributed by atoms with Crippen molar-refractivity contribution >= 4 is 0 Å². The first kappa shape index (κ1) is 15.9. The van der Waals surface area contributed by atoms with Crippen molar-refractivity contribution < 1.29 is 0 Å². The molecule has 16 heavy (non-hydrogen) atoms. The zero-order valence-electron chi connectivity index (χ0n) is 12.1. The van der Waals surface area contributed by atoms with Crippen LogP contribution in [0.15, 0.2) is 0 Å². The molecule has 0 aliphatic heterocycles. The van der Waals surface area contributed by atoms with Crippen LogP contribution in [0.25, 0.3) is 0 Å². The van der Waals surface area contributed by atoms with Crippen molar-refractivity contribution in [3.05, 3.63) is 0 Å². The van der Waals surface area contributed by atoms with Crippen LogP contribution >= 0.6 is 0 Å². The number of nitrogens with one attached hydrogen (secondary N) is 1. The Morgan fingerprint density at radius 3 is 2.25 bits per heavy atom. The number of rotatable bonds is 10. The van der Waals surface area contributed by atoms with E-state index in [-0.39, 0.29) is 0 Å². The van der Waals surface area contributed by atoms with Crippen LogP contribution in [-0.4, -0.2) is 37.6 Å². The molecule has 0 aromatic carbocycles. The Bertz CT molecular complexity index is 146. The first-order chi connectivity index (χ1) is 7.60. The van der Waals surface area contributed by atoms with Crippen LogP contribution in [0.3, 0.4) is 0 Å². The van der Waals surface area contributed by atoms with Crippen LogP contribution in [0.4, 0.5) is 0 Å². The lowest BCUT2D eigenvalue weighted by atomic mass is 10.1. The topological polar surface area (TPSA) is 15.3 Å². The van der Waals surface area contributed by atoms with E-state index in [0.717, 1.165) is 18.4 Å². The molecule has 0 saturated heterocycles. The average molecular weight is 228 g/mol. The first-order valence-electron chi connectivity index (χ1n) is 7.03. The van der Waals surface area contributed by atoms with Crippen molar-refractivity contribution in [3.63, 3.8) is 0 Å². The van der Waals surface area contributed by atoms with Gasteiger partial charge < -0.3 is 10.2 Å². The van der Waals surface area contributed by atoms with Crippen molar-refractivity contribution in [2.75, 3.05) is 32.7 Å². The molecular formula is C14H32N2. The molecule has 1 N–H and O–H groups in total. The molecular weight excluding hydrogens is 196 g/mol. The first-order valence-corrected chi connectivity index (χ1v) is 7.03. The van der Waals surface area contributed by atoms with Crippen LogP contribution in [0, 0.1) is 11.8 Å². The van der Waals surface area contributed by atoms with Crippen molar-refractivity contribution in [2.24, 2.45) is 11.8 Å². The fourth-order valence-electron chi connectivity index (χ4n) is 1.70. The molecule has 0 saturated carbocycles. The Morgan fingerprint density at radius 2 is 1.75 bits per heavy atom. The van der Waals surface area contributed by atoms with Crippen LogP contribution in [0.2, 0.25) is 0 Å². The van der Waals surface area contributed by atoms with E-state index in [2.05, 4.69) is 44.8 Å². The molecule has 2 heteroatoms. The minimum atomic E-state index is 0.815. The summed E-state index contributed by atoms with van der Waals surface area (Å²) in [5.41, 5.74) is 0. The van der Waals surface area contributed by atoms with Crippen molar-refractivity contribution in [1.29, 1.82) is 0 Å². The number of likely N-dealkylation sites (N-methyl/N-ethyl adjacent to an activating group) is 1. The van der Waals surface area contributed by atoms with Gasteiger partial charge in [0.15, 0.2) is 0 Å². The van der Waals surface area contributed by atoms with Gasteiger partial charge in [-0.3, -0.25) is 0 Å². The zero-order valence-corrected chi connectivity index (χ0v) is 12.1. The molecule has 0 aromatic heterocycles. The monoisotopic (exact) mass is 228 g/mol. The van der Waals surface area contributed by atoms with E-state index in [1.807, 2.05) is 0 Å². The molecule has 2 nitrogen and oxygen atoms in total. The molecule has 1 atom stereocenters. The molecule has 0 heterocycles. The fraction of sp³-hybridized carbons (Fsp3) is 1.00. The Kier molecular flexibility index (Phi) is 10.0. The highest BCUT2D eigenvalue weighted by atomic mass is 15.1. The number of nitrogens with zero attached hydrogens (tertiary/aromatic N) is 1. The van der Waals surface area contributed by atoms with Gasteiger partial charge in [0.05, 0.1) is 0 Å². The average Bonchev–Trinajstić information content (AvgIpc) is 2.26. The van der Waals surface area contributed by atoms with Crippen molar-refractivity contribution in [3.8, 4) is 0 Å². The molecule has 0 spiro atoms.